The lowest BCUT2D eigenvalue weighted by atomic mass is 10.2. The van der Waals surface area contributed by atoms with Crippen LogP contribution in [-0.4, -0.2) is 34.0 Å². The van der Waals surface area contributed by atoms with Gasteiger partial charge in [0.25, 0.3) is 15.9 Å². The van der Waals surface area contributed by atoms with Gasteiger partial charge in [0, 0.05) is 5.69 Å². The molecule has 0 saturated heterocycles. The first-order valence-corrected chi connectivity index (χ1v) is 11.5. The first-order chi connectivity index (χ1) is 15.7. The minimum absolute atomic E-state index is 0.0181. The van der Waals surface area contributed by atoms with Crippen LogP contribution in [0.25, 0.3) is 0 Å². The number of sulfonamides is 1. The number of carbonyl (C=O) groups excluding carboxylic acids is 2. The number of benzene rings is 3. The molecule has 3 aromatic rings. The molecule has 0 unspecified atom stereocenters. The molecule has 1 amide bonds. The van der Waals surface area contributed by atoms with Crippen molar-refractivity contribution in [3.8, 4) is 5.75 Å². The van der Waals surface area contributed by atoms with Crippen LogP contribution in [0.5, 0.6) is 5.75 Å². The highest BCUT2D eigenvalue weighted by Crippen LogP contribution is 2.28. The Kier molecular flexibility index (Phi) is 7.57. The van der Waals surface area contributed by atoms with Crippen LogP contribution in [0.1, 0.15) is 15.9 Å². The maximum Gasteiger partial charge on any atom is 0.339 e. The van der Waals surface area contributed by atoms with E-state index in [4.69, 9.17) is 21.1 Å². The molecular formula is C23H21ClN2O6S. The number of hydrogen-bond donors (Lipinski definition) is 2. The molecule has 0 spiro atoms. The summed E-state index contributed by atoms with van der Waals surface area (Å²) in [6.07, 6.45) is 0. The number of para-hydroxylation sites is 1. The molecule has 0 bridgehead atoms. The molecule has 172 valence electrons. The third kappa shape index (κ3) is 6.24. The maximum atomic E-state index is 12.6. The molecule has 33 heavy (non-hydrogen) atoms. The van der Waals surface area contributed by atoms with Gasteiger partial charge in [0.2, 0.25) is 0 Å². The van der Waals surface area contributed by atoms with E-state index in [1.807, 2.05) is 6.92 Å². The van der Waals surface area contributed by atoms with Crippen LogP contribution in [0.2, 0.25) is 5.02 Å². The number of nitrogens with one attached hydrogen (secondary N) is 2. The molecule has 0 atom stereocenters. The Morgan fingerprint density at radius 2 is 1.70 bits per heavy atom. The number of methoxy groups -OCH3 is 1. The van der Waals surface area contributed by atoms with E-state index in [2.05, 4.69) is 10.0 Å². The average Bonchev–Trinajstić information content (AvgIpc) is 2.79. The topological polar surface area (TPSA) is 111 Å². The Bertz CT molecular complexity index is 1280. The second-order valence-corrected chi connectivity index (χ2v) is 9.03. The first-order valence-electron chi connectivity index (χ1n) is 9.68. The monoisotopic (exact) mass is 488 g/mol. The molecule has 0 aliphatic heterocycles. The molecule has 0 heterocycles. The van der Waals surface area contributed by atoms with Gasteiger partial charge in [-0.15, -0.1) is 0 Å². The van der Waals surface area contributed by atoms with E-state index < -0.39 is 28.5 Å². The average molecular weight is 489 g/mol. The van der Waals surface area contributed by atoms with Crippen molar-refractivity contribution < 1.29 is 27.5 Å². The van der Waals surface area contributed by atoms with Crippen molar-refractivity contribution in [2.45, 2.75) is 11.8 Å². The molecule has 2 N–H and O–H groups in total. The summed E-state index contributed by atoms with van der Waals surface area (Å²) in [5.74, 6) is -1.01. The van der Waals surface area contributed by atoms with E-state index in [0.717, 1.165) is 5.56 Å². The Labute approximate surface area is 196 Å². The van der Waals surface area contributed by atoms with E-state index in [1.54, 1.807) is 42.5 Å². The lowest BCUT2D eigenvalue weighted by Crippen LogP contribution is -2.22. The summed E-state index contributed by atoms with van der Waals surface area (Å²) in [5.41, 5.74) is 1.89. The van der Waals surface area contributed by atoms with Gasteiger partial charge in [-0.05, 0) is 49.4 Å². The van der Waals surface area contributed by atoms with Crippen molar-refractivity contribution in [3.05, 3.63) is 82.9 Å². The van der Waals surface area contributed by atoms with Crippen molar-refractivity contribution in [3.63, 3.8) is 0 Å². The molecule has 0 radical (unpaired) electrons. The Hall–Kier alpha value is -3.56. The predicted molar refractivity (Wildman–Crippen MR) is 125 cm³/mol. The fraction of sp³-hybridized carbons (Fsp3) is 0.130. The van der Waals surface area contributed by atoms with Crippen LogP contribution >= 0.6 is 11.6 Å². The molecule has 0 saturated carbocycles. The largest absolute Gasteiger partial charge is 0.482 e. The first kappa shape index (κ1) is 24.1. The molecule has 0 fully saturated rings. The number of hydrogen-bond acceptors (Lipinski definition) is 6. The summed E-state index contributed by atoms with van der Waals surface area (Å²) in [6.45, 7) is 1.48. The van der Waals surface area contributed by atoms with Crippen LogP contribution in [-0.2, 0) is 19.6 Å². The zero-order valence-electron chi connectivity index (χ0n) is 17.8. The van der Waals surface area contributed by atoms with Gasteiger partial charge >= 0.3 is 5.97 Å². The van der Waals surface area contributed by atoms with E-state index in [0.29, 0.717) is 5.69 Å². The minimum Gasteiger partial charge on any atom is -0.482 e. The van der Waals surface area contributed by atoms with E-state index in [9.17, 15) is 18.0 Å². The molecule has 3 aromatic carbocycles. The smallest absolute Gasteiger partial charge is 0.339 e. The van der Waals surface area contributed by atoms with Gasteiger partial charge in [-0.3, -0.25) is 9.52 Å². The van der Waals surface area contributed by atoms with Gasteiger partial charge in [0.05, 0.1) is 28.3 Å². The summed E-state index contributed by atoms with van der Waals surface area (Å²) >= 11 is 6.18. The summed E-state index contributed by atoms with van der Waals surface area (Å²) in [4.78, 5) is 24.0. The number of aryl methyl sites for hydroxylation is 1. The molecule has 3 rings (SSSR count). The zero-order chi connectivity index (χ0) is 24.0. The van der Waals surface area contributed by atoms with Gasteiger partial charge in [0.1, 0.15) is 5.75 Å². The minimum atomic E-state index is -3.87. The number of amides is 1. The van der Waals surface area contributed by atoms with Crippen molar-refractivity contribution in [1.29, 1.82) is 0 Å². The summed E-state index contributed by atoms with van der Waals surface area (Å²) in [5, 5.41) is 2.59. The van der Waals surface area contributed by atoms with Crippen molar-refractivity contribution >= 4 is 44.9 Å². The fourth-order valence-corrected chi connectivity index (χ4v) is 4.20. The van der Waals surface area contributed by atoms with Gasteiger partial charge in [-0.2, -0.15) is 0 Å². The molecule has 8 nitrogen and oxygen atoms in total. The van der Waals surface area contributed by atoms with Crippen molar-refractivity contribution in [1.82, 2.24) is 0 Å². The number of carbonyl (C=O) groups is 2. The molecule has 0 aromatic heterocycles. The van der Waals surface area contributed by atoms with Crippen LogP contribution in [0.4, 0.5) is 11.4 Å². The number of rotatable bonds is 8. The fourth-order valence-electron chi connectivity index (χ4n) is 2.81. The Morgan fingerprint density at radius 1 is 1.00 bits per heavy atom. The normalized spacial score (nSPS) is 10.9. The number of halogens is 1. The van der Waals surface area contributed by atoms with E-state index >= 15 is 0 Å². The highest BCUT2D eigenvalue weighted by atomic mass is 35.5. The number of anilines is 2. The quantitative estimate of drug-likeness (QED) is 0.458. The van der Waals surface area contributed by atoms with Gasteiger partial charge in [-0.1, -0.05) is 41.4 Å². The zero-order valence-corrected chi connectivity index (χ0v) is 19.4. The predicted octanol–water partition coefficient (Wildman–Crippen LogP) is 4.25. The van der Waals surface area contributed by atoms with E-state index in [1.165, 1.54) is 31.4 Å². The third-order valence-electron chi connectivity index (χ3n) is 4.48. The number of ether oxygens (including phenoxy) is 2. The molecule has 10 heteroatoms. The second kappa shape index (κ2) is 10.4. The van der Waals surface area contributed by atoms with Crippen LogP contribution < -0.4 is 14.8 Å². The standard InChI is InChI=1S/C23H21ClN2O6S/c1-15-7-9-16(10-8-15)26-33(29,30)17-11-12-21(19(24)13-17)32-14-22(27)25-20-6-4-3-5-18(20)23(28)31-2/h3-13,26H,14H2,1-2H3,(H,25,27). The SMILES string of the molecule is COC(=O)c1ccccc1NC(=O)COc1ccc(S(=O)(=O)Nc2ccc(C)cc2)cc1Cl. The van der Waals surface area contributed by atoms with Crippen LogP contribution in [0, 0.1) is 6.92 Å². The van der Waals surface area contributed by atoms with Gasteiger partial charge < -0.3 is 14.8 Å². The summed E-state index contributed by atoms with van der Waals surface area (Å²) in [7, 11) is -2.62. The summed E-state index contributed by atoms with van der Waals surface area (Å²) in [6, 6.07) is 17.2. The second-order valence-electron chi connectivity index (χ2n) is 6.94. The molecular weight excluding hydrogens is 468 g/mol. The Morgan fingerprint density at radius 3 is 2.36 bits per heavy atom. The van der Waals surface area contributed by atoms with Gasteiger partial charge in [0.15, 0.2) is 6.61 Å². The van der Waals surface area contributed by atoms with Gasteiger partial charge in [-0.25, -0.2) is 13.2 Å². The molecule has 0 aliphatic carbocycles. The maximum absolute atomic E-state index is 12.6. The van der Waals surface area contributed by atoms with E-state index in [-0.39, 0.29) is 26.9 Å². The lowest BCUT2D eigenvalue weighted by molar-refractivity contribution is -0.118. The Balaban J connectivity index is 1.65. The highest BCUT2D eigenvalue weighted by Gasteiger charge is 2.18. The third-order valence-corrected chi connectivity index (χ3v) is 6.16. The highest BCUT2D eigenvalue weighted by molar-refractivity contribution is 7.92. The van der Waals surface area contributed by atoms with Crippen LogP contribution in [0.3, 0.4) is 0 Å². The van der Waals surface area contributed by atoms with Crippen LogP contribution in [0.15, 0.2) is 71.6 Å². The lowest BCUT2D eigenvalue weighted by Gasteiger charge is -2.12. The number of esters is 1. The molecule has 0 aliphatic rings. The summed E-state index contributed by atoms with van der Waals surface area (Å²) < 4.78 is 37.8. The van der Waals surface area contributed by atoms with Crippen molar-refractivity contribution in [2.75, 3.05) is 23.8 Å². The van der Waals surface area contributed by atoms with Crippen molar-refractivity contribution in [2.24, 2.45) is 0 Å².